The van der Waals surface area contributed by atoms with Crippen LogP contribution in [0.3, 0.4) is 0 Å². The first kappa shape index (κ1) is 42.6. The number of carboxylic acids is 2. The largest absolute Gasteiger partial charge is 0.481 e. The first-order valence-electron chi connectivity index (χ1n) is 16.7. The van der Waals surface area contributed by atoms with E-state index in [2.05, 4.69) is 30.6 Å². The lowest BCUT2D eigenvalue weighted by atomic mass is 10.1. The first-order valence-corrected chi connectivity index (χ1v) is 18.0. The van der Waals surface area contributed by atoms with E-state index in [1.54, 1.807) is 60.7 Å². The van der Waals surface area contributed by atoms with Gasteiger partial charge in [0.2, 0.25) is 0 Å². The molecule has 0 bridgehead atoms. The van der Waals surface area contributed by atoms with Gasteiger partial charge in [0.1, 0.15) is 13.2 Å². The van der Waals surface area contributed by atoms with E-state index in [-0.39, 0.29) is 68.6 Å². The van der Waals surface area contributed by atoms with Gasteiger partial charge in [-0.2, -0.15) is 0 Å². The topological polar surface area (TPSA) is 250 Å². The van der Waals surface area contributed by atoms with E-state index in [9.17, 15) is 24.0 Å². The Bertz CT molecular complexity index is 1550. The van der Waals surface area contributed by atoms with Gasteiger partial charge in [0.15, 0.2) is 0 Å². The third-order valence-electron chi connectivity index (χ3n) is 8.05. The number of carbonyl (C=O) groups is 5. The van der Waals surface area contributed by atoms with Gasteiger partial charge in [-0.3, -0.25) is 39.7 Å². The number of nitrogens with one attached hydrogen (secondary N) is 3. The molecule has 0 aliphatic heterocycles. The number of hydrogen-bond acceptors (Lipinski definition) is 11. The second-order valence-electron chi connectivity index (χ2n) is 12.1. The van der Waals surface area contributed by atoms with Crippen molar-refractivity contribution in [3.05, 3.63) is 89.5 Å². The van der Waals surface area contributed by atoms with E-state index in [1.165, 1.54) is 0 Å². The summed E-state index contributed by atoms with van der Waals surface area (Å²) in [7, 11) is -1.31. The van der Waals surface area contributed by atoms with Crippen molar-refractivity contribution >= 4 is 53.5 Å². The van der Waals surface area contributed by atoms with E-state index in [0.717, 1.165) is 15.9 Å². The fourth-order valence-corrected chi connectivity index (χ4v) is 7.51. The molecule has 0 aliphatic rings. The number of rotatable bonds is 23. The molecule has 0 aromatic heterocycles. The maximum atomic E-state index is 13.0. The minimum absolute atomic E-state index is 0.0445. The number of aliphatic carboxylic acids is 2. The summed E-state index contributed by atoms with van der Waals surface area (Å²) in [6.07, 6.45) is 0.784. The number of hydrogen-bond donors (Lipinski definition) is 8. The summed E-state index contributed by atoms with van der Waals surface area (Å²) in [5.74, 6) is -3.38. The van der Waals surface area contributed by atoms with Crippen LogP contribution in [0, 0.1) is 0 Å². The van der Waals surface area contributed by atoms with Gasteiger partial charge < -0.3 is 26.2 Å². The van der Waals surface area contributed by atoms with Crippen LogP contribution in [0.2, 0.25) is 0 Å². The maximum absolute atomic E-state index is 13.0. The Morgan fingerprint density at radius 1 is 0.566 bits per heavy atom. The zero-order valence-electron chi connectivity index (χ0n) is 29.0. The molecule has 17 heteroatoms. The van der Waals surface area contributed by atoms with E-state index >= 15 is 0 Å². The van der Waals surface area contributed by atoms with Gasteiger partial charge in [-0.15, -0.1) is 0 Å². The molecule has 0 spiro atoms. The van der Waals surface area contributed by atoms with Crippen molar-refractivity contribution < 1.29 is 64.6 Å². The summed E-state index contributed by atoms with van der Waals surface area (Å²) < 4.78 is 0. The van der Waals surface area contributed by atoms with E-state index in [0.29, 0.717) is 18.4 Å². The SMILES string of the molecule is CC(CCCOO)NC(=O)c1ccc(P(c2ccc(C(=O)NC(CCC(=O)O)COO)cc2)c2ccc(C(=O)NC(CCC(=O)O)COO)cc2)cc1. The van der Waals surface area contributed by atoms with E-state index < -0.39 is 43.8 Å². The van der Waals surface area contributed by atoms with Gasteiger partial charge >= 0.3 is 11.9 Å². The van der Waals surface area contributed by atoms with Gasteiger partial charge in [-0.05, 0) is 92.8 Å². The van der Waals surface area contributed by atoms with Crippen LogP contribution in [0.15, 0.2) is 72.8 Å². The second-order valence-corrected chi connectivity index (χ2v) is 14.3. The quantitative estimate of drug-likeness (QED) is 0.0300. The zero-order valence-corrected chi connectivity index (χ0v) is 29.9. The monoisotopic (exact) mass is 757 g/mol. The molecule has 3 amide bonds. The molecule has 8 N–H and O–H groups in total. The lowest BCUT2D eigenvalue weighted by molar-refractivity contribution is -0.246. The number of carbonyl (C=O) groups excluding carboxylic acids is 3. The number of amides is 3. The van der Waals surface area contributed by atoms with Crippen molar-refractivity contribution in [2.24, 2.45) is 0 Å². The van der Waals surface area contributed by atoms with Crippen LogP contribution in [0.25, 0.3) is 0 Å². The minimum atomic E-state index is -1.31. The summed E-state index contributed by atoms with van der Waals surface area (Å²) in [6, 6.07) is 19.0. The van der Waals surface area contributed by atoms with Gasteiger partial charge in [-0.1, -0.05) is 36.4 Å². The summed E-state index contributed by atoms with van der Waals surface area (Å²) in [4.78, 5) is 73.3. The fraction of sp³-hybridized carbons (Fsp3) is 0.361. The molecule has 3 aromatic rings. The maximum Gasteiger partial charge on any atom is 0.303 e. The molecule has 0 radical (unpaired) electrons. The van der Waals surface area contributed by atoms with Crippen molar-refractivity contribution in [3.8, 4) is 0 Å². The standard InChI is InChI=1S/C36H44N3O13P/c1-23(3-2-20-50-47)37-34(44)24-4-12-29(13-5-24)53(30-14-6-25(7-15-30)35(45)38-27(21-51-48)10-18-32(40)41)31-16-8-26(9-17-31)36(46)39-28(22-52-49)11-19-33(42)43/h4-9,12-17,23,27-28,47-49H,2-3,10-11,18-22H2,1H3,(H,37,44)(H,38,45)(H,39,46)(H,40,41)(H,42,43). The molecular formula is C36H44N3O13P. The Balaban J connectivity index is 1.89. The van der Waals surface area contributed by atoms with Crippen molar-refractivity contribution in [1.29, 1.82) is 0 Å². The number of carboxylic acid groups (broad SMARTS) is 2. The van der Waals surface area contributed by atoms with Crippen molar-refractivity contribution in [3.63, 3.8) is 0 Å². The van der Waals surface area contributed by atoms with E-state index in [1.807, 2.05) is 19.1 Å². The average molecular weight is 758 g/mol. The first-order chi connectivity index (χ1) is 25.4. The van der Waals surface area contributed by atoms with E-state index in [4.69, 9.17) is 26.0 Å². The fourth-order valence-electron chi connectivity index (χ4n) is 5.27. The molecule has 0 saturated carbocycles. The average Bonchev–Trinajstić information content (AvgIpc) is 3.14. The molecule has 3 atom stereocenters. The zero-order chi connectivity index (χ0) is 38.8. The Morgan fingerprint density at radius 2 is 0.925 bits per heavy atom. The molecule has 16 nitrogen and oxygen atoms in total. The highest BCUT2D eigenvalue weighted by Crippen LogP contribution is 2.33. The summed E-state index contributed by atoms with van der Waals surface area (Å²) in [5.41, 5.74) is 0.997. The lowest BCUT2D eigenvalue weighted by Crippen LogP contribution is -2.38. The molecule has 286 valence electrons. The van der Waals surface area contributed by atoms with Crippen molar-refractivity contribution in [1.82, 2.24) is 16.0 Å². The van der Waals surface area contributed by atoms with Crippen LogP contribution in [0.5, 0.6) is 0 Å². The van der Waals surface area contributed by atoms with Crippen LogP contribution in [-0.4, -0.2) is 93.6 Å². The summed E-state index contributed by atoms with van der Waals surface area (Å²) in [6.45, 7) is 1.43. The highest BCUT2D eigenvalue weighted by Gasteiger charge is 2.22. The Labute approximate surface area is 306 Å². The van der Waals surface area contributed by atoms with Crippen LogP contribution < -0.4 is 31.9 Å². The third-order valence-corrected chi connectivity index (χ3v) is 10.5. The molecule has 0 fully saturated rings. The van der Waals surface area contributed by atoms with Crippen LogP contribution in [0.1, 0.15) is 76.5 Å². The van der Waals surface area contributed by atoms with Crippen LogP contribution in [0.4, 0.5) is 0 Å². The van der Waals surface area contributed by atoms with Crippen molar-refractivity contribution in [2.45, 2.75) is 63.6 Å². The van der Waals surface area contributed by atoms with Crippen LogP contribution in [-0.2, 0) is 24.3 Å². The van der Waals surface area contributed by atoms with Crippen LogP contribution >= 0.6 is 7.92 Å². The predicted octanol–water partition coefficient (Wildman–Crippen LogP) is 2.74. The molecular weight excluding hydrogens is 713 g/mol. The van der Waals surface area contributed by atoms with Crippen molar-refractivity contribution in [2.75, 3.05) is 19.8 Å². The molecule has 0 aliphatic carbocycles. The molecule has 3 aromatic carbocycles. The van der Waals surface area contributed by atoms with Gasteiger partial charge in [0.25, 0.3) is 17.7 Å². The summed E-state index contributed by atoms with van der Waals surface area (Å²) >= 11 is 0. The van der Waals surface area contributed by atoms with Gasteiger partial charge in [0.05, 0.1) is 18.7 Å². The molecule has 0 saturated heterocycles. The highest BCUT2D eigenvalue weighted by molar-refractivity contribution is 7.79. The Morgan fingerprint density at radius 3 is 1.25 bits per heavy atom. The Kier molecular flexibility index (Phi) is 17.9. The van der Waals surface area contributed by atoms with Gasteiger partial charge in [0, 0.05) is 35.6 Å². The lowest BCUT2D eigenvalue weighted by Gasteiger charge is -2.21. The molecule has 3 unspecified atom stereocenters. The smallest absolute Gasteiger partial charge is 0.303 e. The highest BCUT2D eigenvalue weighted by atomic mass is 31.1. The summed E-state index contributed by atoms with van der Waals surface area (Å²) in [5, 5.41) is 55.1. The minimum Gasteiger partial charge on any atom is -0.481 e. The second kappa shape index (κ2) is 22.3. The Hall–Kier alpha value is -4.80. The normalized spacial score (nSPS) is 13.3. The molecule has 3 rings (SSSR count). The molecule has 0 heterocycles. The number of benzene rings is 3. The predicted molar refractivity (Wildman–Crippen MR) is 193 cm³/mol. The third kappa shape index (κ3) is 14.3. The molecule has 53 heavy (non-hydrogen) atoms. The van der Waals surface area contributed by atoms with Gasteiger partial charge in [-0.25, -0.2) is 14.7 Å².